The van der Waals surface area contributed by atoms with E-state index in [0.29, 0.717) is 23.7 Å². The molecule has 0 unspecified atom stereocenters. The van der Waals surface area contributed by atoms with Gasteiger partial charge in [0.2, 0.25) is 5.89 Å². The molecule has 130 valence electrons. The van der Waals surface area contributed by atoms with E-state index in [0.717, 1.165) is 26.1 Å². The summed E-state index contributed by atoms with van der Waals surface area (Å²) in [6.45, 7) is 6.70. The average Bonchev–Trinajstić information content (AvgIpc) is 3.15. The zero-order valence-electron chi connectivity index (χ0n) is 14.5. The molecule has 0 bridgehead atoms. The van der Waals surface area contributed by atoms with Crippen molar-refractivity contribution < 1.29 is 14.0 Å². The van der Waals surface area contributed by atoms with Gasteiger partial charge in [-0.05, 0) is 32.1 Å². The third-order valence-electron chi connectivity index (χ3n) is 5.27. The summed E-state index contributed by atoms with van der Waals surface area (Å²) in [7, 11) is 1.77. The number of rotatable bonds is 6. The Bertz CT molecular complexity index is 493. The Balaban J connectivity index is 1.54. The van der Waals surface area contributed by atoms with Crippen LogP contribution < -0.4 is 0 Å². The van der Waals surface area contributed by atoms with Gasteiger partial charge in [0.05, 0.1) is 24.9 Å². The zero-order chi connectivity index (χ0) is 16.2. The summed E-state index contributed by atoms with van der Waals surface area (Å²) in [6, 6.07) is 0.147. The van der Waals surface area contributed by atoms with Crippen LogP contribution in [-0.4, -0.2) is 54.1 Å². The molecule has 1 saturated heterocycles. The van der Waals surface area contributed by atoms with E-state index in [1.807, 2.05) is 6.92 Å². The van der Waals surface area contributed by atoms with Crippen LogP contribution in [0.15, 0.2) is 4.52 Å². The fraction of sp³-hybridized carbons (Fsp3) is 0.882. The van der Waals surface area contributed by atoms with Gasteiger partial charge < -0.3 is 14.0 Å². The van der Waals surface area contributed by atoms with Crippen molar-refractivity contribution in [1.29, 1.82) is 0 Å². The van der Waals surface area contributed by atoms with Crippen LogP contribution in [0.3, 0.4) is 0 Å². The first kappa shape index (κ1) is 16.9. The smallest absolute Gasteiger partial charge is 0.244 e. The molecule has 2 fully saturated rings. The number of ether oxygens (including phenoxy) is 2. The van der Waals surface area contributed by atoms with Gasteiger partial charge in [0, 0.05) is 20.2 Å². The molecular weight excluding hydrogens is 294 g/mol. The van der Waals surface area contributed by atoms with Crippen molar-refractivity contribution in [2.45, 2.75) is 64.2 Å². The van der Waals surface area contributed by atoms with Crippen molar-refractivity contribution in [2.75, 3.05) is 26.8 Å². The molecule has 1 aromatic heterocycles. The summed E-state index contributed by atoms with van der Waals surface area (Å²) < 4.78 is 17.1. The molecule has 3 rings (SSSR count). The number of methoxy groups -OCH3 is 1. The highest BCUT2D eigenvalue weighted by atomic mass is 16.5. The van der Waals surface area contributed by atoms with Gasteiger partial charge in [-0.1, -0.05) is 24.9 Å². The topological polar surface area (TPSA) is 60.6 Å². The van der Waals surface area contributed by atoms with Gasteiger partial charge >= 0.3 is 0 Å². The Morgan fingerprint density at radius 1 is 1.30 bits per heavy atom. The Labute approximate surface area is 138 Å². The van der Waals surface area contributed by atoms with E-state index in [4.69, 9.17) is 14.0 Å². The molecule has 2 aliphatic rings. The fourth-order valence-corrected chi connectivity index (χ4v) is 3.84. The lowest BCUT2D eigenvalue weighted by molar-refractivity contribution is -0.0168. The van der Waals surface area contributed by atoms with Crippen LogP contribution in [-0.2, 0) is 9.47 Å². The average molecular weight is 323 g/mol. The lowest BCUT2D eigenvalue weighted by atomic mass is 9.88. The van der Waals surface area contributed by atoms with E-state index in [1.54, 1.807) is 7.11 Å². The van der Waals surface area contributed by atoms with E-state index in [9.17, 15) is 0 Å². The number of hydrogen-bond acceptors (Lipinski definition) is 6. The maximum atomic E-state index is 6.17. The third-order valence-corrected chi connectivity index (χ3v) is 5.27. The van der Waals surface area contributed by atoms with E-state index < -0.39 is 0 Å². The lowest BCUT2D eigenvalue weighted by Gasteiger charge is -2.30. The van der Waals surface area contributed by atoms with Gasteiger partial charge in [0.1, 0.15) is 0 Å². The minimum absolute atomic E-state index is 0.147. The SMILES string of the molecule is CO[C@@H]1C[C@H](c2nc(C)no2)N(CCO[C@@H]2CCCC[C@H]2C)C1. The molecule has 4 atom stereocenters. The maximum Gasteiger partial charge on any atom is 0.244 e. The molecule has 0 radical (unpaired) electrons. The minimum Gasteiger partial charge on any atom is -0.380 e. The Kier molecular flexibility index (Phi) is 5.67. The predicted octanol–water partition coefficient (Wildman–Crippen LogP) is 2.74. The van der Waals surface area contributed by atoms with Crippen LogP contribution in [0.4, 0.5) is 0 Å². The summed E-state index contributed by atoms with van der Waals surface area (Å²) in [5.41, 5.74) is 0. The van der Waals surface area contributed by atoms with Crippen molar-refractivity contribution in [3.63, 3.8) is 0 Å². The minimum atomic E-state index is 0.147. The molecule has 0 N–H and O–H groups in total. The first-order chi connectivity index (χ1) is 11.2. The van der Waals surface area contributed by atoms with Crippen molar-refractivity contribution >= 4 is 0 Å². The standard InChI is InChI=1S/C17H29N3O3/c1-12-6-4-5-7-16(12)22-9-8-20-11-14(21-3)10-15(20)17-18-13(2)19-23-17/h12,14-16H,4-11H2,1-3H3/t12-,14-,15-,16-/m1/s1. The molecule has 0 amide bonds. The van der Waals surface area contributed by atoms with Crippen LogP contribution in [0.5, 0.6) is 0 Å². The number of likely N-dealkylation sites (tertiary alicyclic amines) is 1. The summed E-state index contributed by atoms with van der Waals surface area (Å²) in [4.78, 5) is 6.76. The van der Waals surface area contributed by atoms with Crippen LogP contribution in [0.2, 0.25) is 0 Å². The molecule has 23 heavy (non-hydrogen) atoms. The van der Waals surface area contributed by atoms with Gasteiger partial charge in [-0.15, -0.1) is 0 Å². The highest BCUT2D eigenvalue weighted by molar-refractivity contribution is 4.98. The molecule has 1 aromatic rings. The highest BCUT2D eigenvalue weighted by Gasteiger charge is 2.36. The second kappa shape index (κ2) is 7.73. The summed E-state index contributed by atoms with van der Waals surface area (Å²) in [5, 5.41) is 3.93. The van der Waals surface area contributed by atoms with Crippen LogP contribution in [0.25, 0.3) is 0 Å². The Hall–Kier alpha value is -0.980. The number of nitrogens with zero attached hydrogens (tertiary/aromatic N) is 3. The molecule has 1 aliphatic heterocycles. The second-order valence-corrected chi connectivity index (χ2v) is 6.95. The van der Waals surface area contributed by atoms with Crippen molar-refractivity contribution in [3.8, 4) is 0 Å². The van der Waals surface area contributed by atoms with Crippen molar-refractivity contribution in [1.82, 2.24) is 15.0 Å². The zero-order valence-corrected chi connectivity index (χ0v) is 14.5. The molecule has 0 spiro atoms. The number of aryl methyl sites for hydroxylation is 1. The molecule has 6 nitrogen and oxygen atoms in total. The number of hydrogen-bond donors (Lipinski definition) is 0. The molecular formula is C17H29N3O3. The summed E-state index contributed by atoms with van der Waals surface area (Å²) in [5.74, 6) is 2.07. The van der Waals surface area contributed by atoms with Gasteiger partial charge in [-0.3, -0.25) is 4.90 Å². The van der Waals surface area contributed by atoms with Crippen molar-refractivity contribution in [2.24, 2.45) is 5.92 Å². The van der Waals surface area contributed by atoms with Gasteiger partial charge in [0.25, 0.3) is 0 Å². The summed E-state index contributed by atoms with van der Waals surface area (Å²) >= 11 is 0. The highest BCUT2D eigenvalue weighted by Crippen LogP contribution is 2.32. The van der Waals surface area contributed by atoms with E-state index in [-0.39, 0.29) is 12.1 Å². The van der Waals surface area contributed by atoms with Gasteiger partial charge in [-0.25, -0.2) is 0 Å². The van der Waals surface area contributed by atoms with E-state index in [2.05, 4.69) is 22.0 Å². The van der Waals surface area contributed by atoms with Crippen LogP contribution in [0.1, 0.15) is 56.8 Å². The summed E-state index contributed by atoms with van der Waals surface area (Å²) in [6.07, 6.45) is 6.70. The normalized spacial score (nSPS) is 32.5. The predicted molar refractivity (Wildman–Crippen MR) is 86.1 cm³/mol. The molecule has 2 heterocycles. The largest absolute Gasteiger partial charge is 0.380 e. The van der Waals surface area contributed by atoms with Crippen LogP contribution in [0, 0.1) is 12.8 Å². The third kappa shape index (κ3) is 4.11. The van der Waals surface area contributed by atoms with Crippen molar-refractivity contribution in [3.05, 3.63) is 11.7 Å². The maximum absolute atomic E-state index is 6.17. The van der Waals surface area contributed by atoms with Crippen LogP contribution >= 0.6 is 0 Å². The van der Waals surface area contributed by atoms with E-state index in [1.165, 1.54) is 25.7 Å². The van der Waals surface area contributed by atoms with Gasteiger partial charge in [0.15, 0.2) is 5.82 Å². The fourth-order valence-electron chi connectivity index (χ4n) is 3.84. The molecule has 1 saturated carbocycles. The first-order valence-corrected chi connectivity index (χ1v) is 8.86. The second-order valence-electron chi connectivity index (χ2n) is 6.95. The van der Waals surface area contributed by atoms with Gasteiger partial charge in [-0.2, -0.15) is 4.98 Å². The van der Waals surface area contributed by atoms with E-state index >= 15 is 0 Å². The molecule has 1 aliphatic carbocycles. The molecule has 0 aromatic carbocycles. The molecule has 6 heteroatoms. The quantitative estimate of drug-likeness (QED) is 0.802. The monoisotopic (exact) mass is 323 g/mol. The Morgan fingerprint density at radius 2 is 2.13 bits per heavy atom. The Morgan fingerprint density at radius 3 is 2.83 bits per heavy atom. The number of aromatic nitrogens is 2. The lowest BCUT2D eigenvalue weighted by Crippen LogP contribution is -2.32. The first-order valence-electron chi connectivity index (χ1n) is 8.86.